The highest BCUT2D eigenvalue weighted by Crippen LogP contribution is 2.32. The summed E-state index contributed by atoms with van der Waals surface area (Å²) in [5.74, 6) is -0.648. The molecule has 0 aromatic heterocycles. The maximum absolute atomic E-state index is 12.7. The van der Waals surface area contributed by atoms with Gasteiger partial charge in [0.1, 0.15) is 6.54 Å². The number of morpholine rings is 2. The summed E-state index contributed by atoms with van der Waals surface area (Å²) in [7, 11) is 0. The number of carbonyl (C=O) groups excluding carboxylic acids is 3. The van der Waals surface area contributed by atoms with Crippen LogP contribution in [0.3, 0.4) is 0 Å². The lowest BCUT2D eigenvalue weighted by Crippen LogP contribution is -2.46. The van der Waals surface area contributed by atoms with Crippen LogP contribution in [0.5, 0.6) is 0 Å². The van der Waals surface area contributed by atoms with Crippen LogP contribution in [0.15, 0.2) is 29.2 Å². The van der Waals surface area contributed by atoms with E-state index in [-0.39, 0.29) is 12.5 Å². The molecule has 0 saturated carbocycles. The van der Waals surface area contributed by atoms with Crippen molar-refractivity contribution in [3.8, 4) is 0 Å². The largest absolute Gasteiger partial charge is 0.378 e. The van der Waals surface area contributed by atoms with Crippen LogP contribution in [0, 0.1) is 0 Å². The van der Waals surface area contributed by atoms with E-state index < -0.39 is 11.1 Å². The van der Waals surface area contributed by atoms with Gasteiger partial charge < -0.3 is 19.3 Å². The van der Waals surface area contributed by atoms with Crippen molar-refractivity contribution in [1.82, 2.24) is 9.80 Å². The van der Waals surface area contributed by atoms with E-state index >= 15 is 0 Å². The Morgan fingerprint density at radius 1 is 0.966 bits per heavy atom. The Hall–Kier alpha value is -2.36. The molecule has 0 aliphatic carbocycles. The van der Waals surface area contributed by atoms with E-state index in [9.17, 15) is 14.4 Å². The fourth-order valence-corrected chi connectivity index (χ4v) is 4.28. The third-order valence-electron chi connectivity index (χ3n) is 5.10. The summed E-state index contributed by atoms with van der Waals surface area (Å²) in [5.41, 5.74) is 1.95. The van der Waals surface area contributed by atoms with E-state index in [1.807, 2.05) is 24.3 Å². The Kier molecular flexibility index (Phi) is 6.17. The van der Waals surface area contributed by atoms with Crippen molar-refractivity contribution < 1.29 is 23.9 Å². The number of nitrogens with zero attached hydrogens (tertiary/aromatic N) is 3. The number of thioether (sulfide) groups is 1. The SMILES string of the molecule is O=C(CN1C(=O)S/C(=C\c2ccc(N3CCOCC3)cc2)C1=O)N1CCOCC1. The molecule has 0 atom stereocenters. The summed E-state index contributed by atoms with van der Waals surface area (Å²) in [4.78, 5) is 42.5. The van der Waals surface area contributed by atoms with Crippen molar-refractivity contribution in [1.29, 1.82) is 0 Å². The first-order valence-corrected chi connectivity index (χ1v) is 10.5. The Labute approximate surface area is 173 Å². The van der Waals surface area contributed by atoms with E-state index in [0.29, 0.717) is 31.2 Å². The molecule has 3 aliphatic rings. The van der Waals surface area contributed by atoms with Gasteiger partial charge in [-0.15, -0.1) is 0 Å². The van der Waals surface area contributed by atoms with Crippen LogP contribution in [0.25, 0.3) is 6.08 Å². The molecule has 4 rings (SSSR count). The zero-order valence-electron chi connectivity index (χ0n) is 16.0. The van der Waals surface area contributed by atoms with E-state index in [4.69, 9.17) is 9.47 Å². The molecule has 0 N–H and O–H groups in total. The van der Waals surface area contributed by atoms with Gasteiger partial charge in [-0.25, -0.2) is 0 Å². The number of amides is 3. The van der Waals surface area contributed by atoms with Crippen LogP contribution in [-0.2, 0) is 19.1 Å². The number of imide groups is 1. The summed E-state index contributed by atoms with van der Waals surface area (Å²) in [6.45, 7) is 4.86. The number of carbonyl (C=O) groups is 3. The third kappa shape index (κ3) is 4.63. The first kappa shape index (κ1) is 19.9. The first-order valence-electron chi connectivity index (χ1n) is 9.65. The van der Waals surface area contributed by atoms with Crippen molar-refractivity contribution in [3.63, 3.8) is 0 Å². The van der Waals surface area contributed by atoms with Crippen LogP contribution in [0.4, 0.5) is 10.5 Å². The van der Waals surface area contributed by atoms with Crippen molar-refractivity contribution >= 4 is 40.6 Å². The molecule has 3 heterocycles. The average Bonchev–Trinajstić information content (AvgIpc) is 3.03. The van der Waals surface area contributed by atoms with Gasteiger partial charge in [-0.1, -0.05) is 12.1 Å². The zero-order valence-corrected chi connectivity index (χ0v) is 16.9. The van der Waals surface area contributed by atoms with E-state index in [1.165, 1.54) is 0 Å². The van der Waals surface area contributed by atoms with Crippen molar-refractivity contribution in [2.45, 2.75) is 0 Å². The standard InChI is InChI=1S/C20H23N3O5S/c24-18(22-7-11-28-12-8-22)14-23-19(25)17(29-20(23)26)13-15-1-3-16(4-2-15)21-5-9-27-10-6-21/h1-4,13H,5-12,14H2/b17-13-. The molecule has 3 fully saturated rings. The van der Waals surface area contributed by atoms with Crippen molar-refractivity contribution in [2.75, 3.05) is 64.1 Å². The second kappa shape index (κ2) is 8.98. The van der Waals surface area contributed by atoms with Gasteiger partial charge in [-0.05, 0) is 35.5 Å². The predicted molar refractivity (Wildman–Crippen MR) is 110 cm³/mol. The van der Waals surface area contributed by atoms with Gasteiger partial charge in [0.05, 0.1) is 31.3 Å². The maximum Gasteiger partial charge on any atom is 0.294 e. The zero-order chi connectivity index (χ0) is 20.2. The lowest BCUT2D eigenvalue weighted by Gasteiger charge is -2.28. The molecule has 9 heteroatoms. The lowest BCUT2D eigenvalue weighted by atomic mass is 10.1. The first-order chi connectivity index (χ1) is 14.1. The molecule has 3 amide bonds. The number of ether oxygens (including phenoxy) is 2. The average molecular weight is 417 g/mol. The molecule has 3 saturated heterocycles. The topological polar surface area (TPSA) is 79.4 Å². The molecule has 8 nitrogen and oxygen atoms in total. The molecule has 1 aromatic rings. The van der Waals surface area contributed by atoms with E-state index in [1.54, 1.807) is 11.0 Å². The molecular formula is C20H23N3O5S. The number of anilines is 1. The highest BCUT2D eigenvalue weighted by Gasteiger charge is 2.37. The smallest absolute Gasteiger partial charge is 0.294 e. The number of hydrogen-bond acceptors (Lipinski definition) is 7. The Bertz CT molecular complexity index is 814. The minimum absolute atomic E-state index is 0.224. The second-order valence-electron chi connectivity index (χ2n) is 6.95. The van der Waals surface area contributed by atoms with Crippen molar-refractivity contribution in [3.05, 3.63) is 34.7 Å². The van der Waals surface area contributed by atoms with Crippen molar-refractivity contribution in [2.24, 2.45) is 0 Å². The van der Waals surface area contributed by atoms with Crippen LogP contribution in [-0.4, -0.2) is 86.0 Å². The molecule has 1 aromatic carbocycles. The van der Waals surface area contributed by atoms with E-state index in [0.717, 1.165) is 54.2 Å². The van der Waals surface area contributed by atoms with Gasteiger partial charge in [0, 0.05) is 31.9 Å². The quantitative estimate of drug-likeness (QED) is 0.686. The molecule has 0 unspecified atom stereocenters. The Balaban J connectivity index is 1.41. The monoisotopic (exact) mass is 417 g/mol. The van der Waals surface area contributed by atoms with Gasteiger partial charge >= 0.3 is 0 Å². The van der Waals surface area contributed by atoms with Gasteiger partial charge in [-0.3, -0.25) is 19.3 Å². The summed E-state index contributed by atoms with van der Waals surface area (Å²) >= 11 is 0.874. The third-order valence-corrected chi connectivity index (χ3v) is 6.01. The predicted octanol–water partition coefficient (Wildman–Crippen LogP) is 1.42. The number of hydrogen-bond donors (Lipinski definition) is 0. The Morgan fingerprint density at radius 3 is 2.24 bits per heavy atom. The molecular weight excluding hydrogens is 394 g/mol. The summed E-state index contributed by atoms with van der Waals surface area (Å²) in [6.07, 6.45) is 1.70. The fourth-order valence-electron chi connectivity index (χ4n) is 3.44. The highest BCUT2D eigenvalue weighted by molar-refractivity contribution is 8.18. The molecule has 0 bridgehead atoms. The summed E-state index contributed by atoms with van der Waals surface area (Å²) in [6, 6.07) is 7.86. The molecule has 29 heavy (non-hydrogen) atoms. The highest BCUT2D eigenvalue weighted by atomic mass is 32.2. The molecule has 0 radical (unpaired) electrons. The molecule has 3 aliphatic heterocycles. The van der Waals surface area contributed by atoms with Crippen LogP contribution >= 0.6 is 11.8 Å². The van der Waals surface area contributed by atoms with Gasteiger partial charge in [0.15, 0.2) is 0 Å². The number of benzene rings is 1. The lowest BCUT2D eigenvalue weighted by molar-refractivity contribution is -0.139. The Morgan fingerprint density at radius 2 is 1.59 bits per heavy atom. The summed E-state index contributed by atoms with van der Waals surface area (Å²) in [5, 5.41) is -0.409. The van der Waals surface area contributed by atoms with Gasteiger partial charge in [-0.2, -0.15) is 0 Å². The minimum atomic E-state index is -0.418. The molecule has 154 valence electrons. The maximum atomic E-state index is 12.7. The normalized spacial score (nSPS) is 21.9. The fraction of sp³-hybridized carbons (Fsp3) is 0.450. The summed E-state index contributed by atoms with van der Waals surface area (Å²) < 4.78 is 10.6. The number of rotatable bonds is 4. The van der Waals surface area contributed by atoms with E-state index in [2.05, 4.69) is 4.90 Å². The van der Waals surface area contributed by atoms with Gasteiger partial charge in [0.2, 0.25) is 5.91 Å². The molecule has 0 spiro atoms. The van der Waals surface area contributed by atoms with Crippen LogP contribution in [0.1, 0.15) is 5.56 Å². The van der Waals surface area contributed by atoms with Crippen LogP contribution < -0.4 is 4.90 Å². The van der Waals surface area contributed by atoms with Crippen LogP contribution in [0.2, 0.25) is 0 Å². The minimum Gasteiger partial charge on any atom is -0.378 e. The van der Waals surface area contributed by atoms with Gasteiger partial charge in [0.25, 0.3) is 11.1 Å². The second-order valence-corrected chi connectivity index (χ2v) is 7.95.